The van der Waals surface area contributed by atoms with Crippen LogP contribution in [0.1, 0.15) is 425 Å². The summed E-state index contributed by atoms with van der Waals surface area (Å²) in [6, 6.07) is -0.974. The van der Waals surface area contributed by atoms with Gasteiger partial charge in [-0.05, 0) is 51.4 Å². The highest BCUT2D eigenvalue weighted by molar-refractivity contribution is 5.76. The van der Waals surface area contributed by atoms with Gasteiger partial charge < -0.3 is 89.9 Å². The minimum Gasteiger partial charge on any atom is -0.394 e. The van der Waals surface area contributed by atoms with Gasteiger partial charge in [-0.1, -0.05) is 403 Å². The lowest BCUT2D eigenvalue weighted by Gasteiger charge is -2.48. The second-order valence-electron chi connectivity index (χ2n) is 34.2. The maximum absolute atomic E-state index is 13.5. The largest absolute Gasteiger partial charge is 0.394 e. The number of carbonyl (C=O) groups is 1. The number of aliphatic hydroxyl groups excluding tert-OH is 11. The van der Waals surface area contributed by atoms with E-state index in [1.54, 1.807) is 6.08 Å². The second kappa shape index (κ2) is 73.9. The Labute approximate surface area is 689 Å². The SMILES string of the molecule is CCCCCCC/C=C\C/C=C\CCCCCCCCCCCCCCCCCCCCCCCCCCCC(=O)NC(COC1OC(CO)C(OC2OC(CO)C(OC3OC(CO)C(O)C(O)C3O)C(O)C2O)C(O)C1O)C(O)/C=C/CCCCCCCCCCCCCCCCCCCCCCCCCCCCCCC. The van der Waals surface area contributed by atoms with Crippen molar-refractivity contribution in [3.05, 3.63) is 36.5 Å². The molecule has 0 bridgehead atoms. The number of nitrogens with one attached hydrogen (secondary N) is 1. The van der Waals surface area contributed by atoms with E-state index < -0.39 is 124 Å². The van der Waals surface area contributed by atoms with Gasteiger partial charge in [0.05, 0.1) is 38.6 Å². The Balaban J connectivity index is 1.30. The van der Waals surface area contributed by atoms with Crippen LogP contribution in [-0.4, -0.2) is 193 Å². The third kappa shape index (κ3) is 52.1. The molecule has 0 radical (unpaired) electrons. The van der Waals surface area contributed by atoms with E-state index in [-0.39, 0.29) is 18.9 Å². The molecule has 0 aliphatic carbocycles. The van der Waals surface area contributed by atoms with Crippen molar-refractivity contribution in [2.75, 3.05) is 26.4 Å². The van der Waals surface area contributed by atoms with Crippen molar-refractivity contribution in [3.63, 3.8) is 0 Å². The number of hydrogen-bond donors (Lipinski definition) is 12. The summed E-state index contributed by atoms with van der Waals surface area (Å²) in [4.78, 5) is 13.5. The van der Waals surface area contributed by atoms with Crippen LogP contribution in [0.5, 0.6) is 0 Å². The van der Waals surface area contributed by atoms with E-state index >= 15 is 0 Å². The smallest absolute Gasteiger partial charge is 0.220 e. The van der Waals surface area contributed by atoms with E-state index in [2.05, 4.69) is 43.5 Å². The summed E-state index contributed by atoms with van der Waals surface area (Å²) in [5, 5.41) is 121. The van der Waals surface area contributed by atoms with Gasteiger partial charge in [0.1, 0.15) is 73.2 Å². The Morgan fingerprint density at radius 1 is 0.319 bits per heavy atom. The van der Waals surface area contributed by atoms with Gasteiger partial charge in [-0.25, -0.2) is 0 Å². The van der Waals surface area contributed by atoms with Crippen molar-refractivity contribution >= 4 is 5.91 Å². The molecular formula is C94H177NO18. The number of aliphatic hydroxyl groups is 11. The molecule has 19 heteroatoms. The highest BCUT2D eigenvalue weighted by Crippen LogP contribution is 2.34. The van der Waals surface area contributed by atoms with Gasteiger partial charge in [-0.3, -0.25) is 4.79 Å². The predicted octanol–water partition coefficient (Wildman–Crippen LogP) is 19.0. The molecule has 19 nitrogen and oxygen atoms in total. The zero-order valence-corrected chi connectivity index (χ0v) is 72.1. The number of allylic oxidation sites excluding steroid dienone is 5. The number of rotatable bonds is 79. The second-order valence-corrected chi connectivity index (χ2v) is 34.2. The van der Waals surface area contributed by atoms with Crippen LogP contribution < -0.4 is 5.32 Å². The third-order valence-electron chi connectivity index (χ3n) is 23.9. The van der Waals surface area contributed by atoms with Crippen LogP contribution in [0.3, 0.4) is 0 Å². The van der Waals surface area contributed by atoms with Gasteiger partial charge in [0.2, 0.25) is 5.91 Å². The first-order valence-corrected chi connectivity index (χ1v) is 47.7. The highest BCUT2D eigenvalue weighted by Gasteiger charge is 2.54. The van der Waals surface area contributed by atoms with Crippen molar-refractivity contribution in [2.45, 2.75) is 529 Å². The fraction of sp³-hybridized carbons (Fsp3) is 0.926. The fourth-order valence-corrected chi connectivity index (χ4v) is 16.3. The molecule has 0 saturated carbocycles. The summed E-state index contributed by atoms with van der Waals surface area (Å²) in [7, 11) is 0. The molecule has 17 unspecified atom stereocenters. The number of unbranched alkanes of at least 4 members (excludes halogenated alkanes) is 59. The number of hydrogen-bond acceptors (Lipinski definition) is 18. The summed E-state index contributed by atoms with van der Waals surface area (Å²) in [5.74, 6) is -0.266. The first-order chi connectivity index (χ1) is 55.3. The molecule has 17 atom stereocenters. The van der Waals surface area contributed by atoms with E-state index in [9.17, 15) is 61.0 Å². The lowest BCUT2D eigenvalue weighted by Crippen LogP contribution is -2.66. The predicted molar refractivity (Wildman–Crippen MR) is 457 cm³/mol. The highest BCUT2D eigenvalue weighted by atomic mass is 16.8. The topological polar surface area (TPSA) is 307 Å². The van der Waals surface area contributed by atoms with Crippen molar-refractivity contribution < 1.29 is 89.4 Å². The first kappa shape index (κ1) is 105. The lowest BCUT2D eigenvalue weighted by molar-refractivity contribution is -0.379. The van der Waals surface area contributed by atoms with Gasteiger partial charge in [-0.15, -0.1) is 0 Å². The normalized spacial score (nSPS) is 24.9. The van der Waals surface area contributed by atoms with Crippen molar-refractivity contribution in [1.82, 2.24) is 5.32 Å². The van der Waals surface area contributed by atoms with Crippen LogP contribution in [0.25, 0.3) is 0 Å². The van der Waals surface area contributed by atoms with Crippen molar-refractivity contribution in [2.24, 2.45) is 0 Å². The van der Waals surface area contributed by atoms with Crippen LogP contribution in [-0.2, 0) is 33.2 Å². The van der Waals surface area contributed by atoms with E-state index in [0.29, 0.717) is 6.42 Å². The summed E-state index contributed by atoms with van der Waals surface area (Å²) in [5.41, 5.74) is 0. The molecule has 3 heterocycles. The monoisotopic (exact) mass is 1610 g/mol. The number of amides is 1. The van der Waals surface area contributed by atoms with Gasteiger partial charge >= 0.3 is 0 Å². The van der Waals surface area contributed by atoms with E-state index in [1.807, 2.05) is 6.08 Å². The average Bonchev–Trinajstić information content (AvgIpc) is 0.779. The van der Waals surface area contributed by atoms with E-state index in [1.165, 1.54) is 347 Å². The maximum Gasteiger partial charge on any atom is 0.220 e. The average molecular weight is 1610 g/mol. The van der Waals surface area contributed by atoms with Gasteiger partial charge in [0.25, 0.3) is 0 Å². The van der Waals surface area contributed by atoms with Crippen LogP contribution in [0.4, 0.5) is 0 Å². The Morgan fingerprint density at radius 3 is 0.903 bits per heavy atom. The molecule has 3 aliphatic heterocycles. The Kier molecular flexibility index (Phi) is 68.8. The minimum absolute atomic E-state index is 0.248. The minimum atomic E-state index is -1.98. The zero-order valence-electron chi connectivity index (χ0n) is 72.1. The third-order valence-corrected chi connectivity index (χ3v) is 23.9. The standard InChI is InChI=1S/C94H177NO18/c1-3-5-7-9-11-13-15-17-19-21-23-25-27-29-31-33-35-36-37-38-39-40-42-44-46-48-50-52-54-56-58-60-62-64-66-68-70-72-82(100)95-77(78(99)71-69-67-65-63-61-59-57-55-53-51-49-47-45-43-41-34-32-30-28-26-24-22-20-18-16-14-12-10-8-6-4-2)76-108-92-88(106)85(103)90(80(74-97)110-92)113-94-89(107)86(104)91(81(75-98)111-94)112-93-87(105)84(102)83(101)79(73-96)109-93/h15,17,21,23,69,71,77-81,83-94,96-99,101-107H,3-14,16,18-20,22,24-68,70,72-76H2,1-2H3,(H,95,100)/b17-15-,23-21-,71-69+. The molecule has 3 aliphatic rings. The Hall–Kier alpha value is -1.99. The molecule has 3 saturated heterocycles. The van der Waals surface area contributed by atoms with Crippen LogP contribution in [0.2, 0.25) is 0 Å². The number of carbonyl (C=O) groups excluding carboxylic acids is 1. The summed E-state index contributed by atoms with van der Waals surface area (Å²) in [6.45, 7) is 1.80. The van der Waals surface area contributed by atoms with Gasteiger partial charge in [-0.2, -0.15) is 0 Å². The summed E-state index contributed by atoms with van der Waals surface area (Å²) >= 11 is 0. The van der Waals surface area contributed by atoms with Crippen LogP contribution in [0, 0.1) is 0 Å². The van der Waals surface area contributed by atoms with E-state index in [4.69, 9.17) is 28.4 Å². The Morgan fingerprint density at radius 2 is 0.584 bits per heavy atom. The maximum atomic E-state index is 13.5. The summed E-state index contributed by atoms with van der Waals surface area (Å²) in [6.07, 6.45) is 68.9. The van der Waals surface area contributed by atoms with E-state index in [0.717, 1.165) is 51.4 Å². The van der Waals surface area contributed by atoms with Crippen molar-refractivity contribution in [3.8, 4) is 0 Å². The molecule has 3 fully saturated rings. The van der Waals surface area contributed by atoms with Crippen molar-refractivity contribution in [1.29, 1.82) is 0 Å². The fourth-order valence-electron chi connectivity index (χ4n) is 16.3. The van der Waals surface area contributed by atoms with Crippen LogP contribution >= 0.6 is 0 Å². The van der Waals surface area contributed by atoms with Crippen LogP contribution in [0.15, 0.2) is 36.5 Å². The molecule has 0 spiro atoms. The molecule has 113 heavy (non-hydrogen) atoms. The molecule has 0 aromatic carbocycles. The van der Waals surface area contributed by atoms with Gasteiger partial charge in [0.15, 0.2) is 18.9 Å². The Bertz CT molecular complexity index is 2170. The lowest BCUT2D eigenvalue weighted by atomic mass is 9.96. The molecular weight excluding hydrogens is 1430 g/mol. The molecule has 0 aromatic rings. The number of ether oxygens (including phenoxy) is 6. The molecule has 1 amide bonds. The molecule has 12 N–H and O–H groups in total. The molecule has 3 rings (SSSR count). The quantitative estimate of drug-likeness (QED) is 0.0199. The first-order valence-electron chi connectivity index (χ1n) is 47.7. The van der Waals surface area contributed by atoms with Gasteiger partial charge in [0, 0.05) is 6.42 Å². The molecule has 0 aromatic heterocycles. The summed E-state index contributed by atoms with van der Waals surface area (Å²) < 4.78 is 34.6. The zero-order chi connectivity index (χ0) is 81.7. The molecule has 666 valence electrons.